The van der Waals surface area contributed by atoms with Gasteiger partial charge in [-0.15, -0.1) is 0 Å². The number of carbonyl (C=O) groups excluding carboxylic acids is 1. The van der Waals surface area contributed by atoms with Crippen LogP contribution in [0.5, 0.6) is 0 Å². The molecule has 1 fully saturated rings. The molecule has 2 atom stereocenters. The van der Waals surface area contributed by atoms with Gasteiger partial charge in [-0.05, 0) is 53.0 Å². The van der Waals surface area contributed by atoms with Gasteiger partial charge in [0, 0.05) is 30.2 Å². The number of carbonyl (C=O) groups is 1. The van der Waals surface area contributed by atoms with Crippen LogP contribution in [0.2, 0.25) is 0 Å². The van der Waals surface area contributed by atoms with Gasteiger partial charge >= 0.3 is 6.09 Å². The van der Waals surface area contributed by atoms with E-state index in [2.05, 4.69) is 9.97 Å². The highest BCUT2D eigenvalue weighted by molar-refractivity contribution is 7.84. The van der Waals surface area contributed by atoms with Crippen molar-refractivity contribution in [3.8, 4) is 0 Å². The Morgan fingerprint density at radius 1 is 1.35 bits per heavy atom. The Morgan fingerprint density at radius 3 is 2.52 bits per heavy atom. The van der Waals surface area contributed by atoms with Gasteiger partial charge in [-0.3, -0.25) is 4.21 Å². The minimum Gasteiger partial charge on any atom is -0.444 e. The molecule has 2 heterocycles. The lowest BCUT2D eigenvalue weighted by molar-refractivity contribution is 0.0289. The van der Waals surface area contributed by atoms with Crippen LogP contribution in [-0.2, 0) is 15.5 Å². The monoisotopic (exact) mass is 339 g/mol. The second kappa shape index (κ2) is 6.95. The predicted molar refractivity (Wildman–Crippen MR) is 88.7 cm³/mol. The second-order valence-corrected chi connectivity index (χ2v) is 8.42. The molecule has 7 heteroatoms. The molecule has 0 saturated carbocycles. The molecule has 1 aliphatic heterocycles. The first-order chi connectivity index (χ1) is 10.6. The van der Waals surface area contributed by atoms with Crippen LogP contribution in [-0.4, -0.2) is 49.6 Å². The minimum atomic E-state index is -1.24. The molecule has 0 aliphatic carbocycles. The third kappa shape index (κ3) is 5.27. The molecule has 1 saturated heterocycles. The molecule has 0 N–H and O–H groups in total. The first-order valence-electron chi connectivity index (χ1n) is 7.82. The van der Waals surface area contributed by atoms with Gasteiger partial charge in [-0.2, -0.15) is 0 Å². The molecule has 0 aromatic carbocycles. The van der Waals surface area contributed by atoms with E-state index in [-0.39, 0.29) is 12.0 Å². The molecule has 0 spiro atoms. The summed E-state index contributed by atoms with van der Waals surface area (Å²) in [6, 6.07) is 1.86. The molecule has 128 valence electrons. The summed E-state index contributed by atoms with van der Waals surface area (Å²) in [6.07, 6.45) is 0.531. The summed E-state index contributed by atoms with van der Waals surface area (Å²) in [6.45, 7) is 10.5. The number of hydrogen-bond acceptors (Lipinski definition) is 5. The van der Waals surface area contributed by atoms with Crippen LogP contribution in [0, 0.1) is 19.8 Å². The van der Waals surface area contributed by atoms with E-state index in [0.29, 0.717) is 24.0 Å². The number of aryl methyl sites for hydroxylation is 2. The third-order valence-corrected chi connectivity index (χ3v) is 4.85. The minimum absolute atomic E-state index is 0.188. The Hall–Kier alpha value is -1.50. The number of likely N-dealkylation sites (tertiary alicyclic amines) is 1. The summed E-state index contributed by atoms with van der Waals surface area (Å²) >= 11 is 0. The van der Waals surface area contributed by atoms with Crippen molar-refractivity contribution >= 4 is 16.9 Å². The maximum absolute atomic E-state index is 12.5. The van der Waals surface area contributed by atoms with Crippen LogP contribution in [0.3, 0.4) is 0 Å². The van der Waals surface area contributed by atoms with Crippen molar-refractivity contribution in [3.05, 3.63) is 17.5 Å². The van der Waals surface area contributed by atoms with Gasteiger partial charge < -0.3 is 9.64 Å². The lowest BCUT2D eigenvalue weighted by Crippen LogP contribution is -2.35. The molecule has 1 aliphatic rings. The molecule has 0 unspecified atom stereocenters. The lowest BCUT2D eigenvalue weighted by atomic mass is 10.2. The smallest absolute Gasteiger partial charge is 0.410 e. The molecule has 1 aromatic heterocycles. The Labute approximate surface area is 140 Å². The topological polar surface area (TPSA) is 72.4 Å². The van der Waals surface area contributed by atoms with Crippen LogP contribution in [0.25, 0.3) is 0 Å². The maximum Gasteiger partial charge on any atom is 0.410 e. The number of hydrogen-bond donors (Lipinski definition) is 0. The normalized spacial score (nSPS) is 19.7. The molecular weight excluding hydrogens is 314 g/mol. The first-order valence-corrected chi connectivity index (χ1v) is 9.14. The van der Waals surface area contributed by atoms with Crippen molar-refractivity contribution in [1.29, 1.82) is 0 Å². The number of nitrogens with zero attached hydrogens (tertiary/aromatic N) is 3. The number of amides is 1. The molecule has 23 heavy (non-hydrogen) atoms. The third-order valence-electron chi connectivity index (χ3n) is 3.49. The average Bonchev–Trinajstić information content (AvgIpc) is 2.84. The van der Waals surface area contributed by atoms with E-state index in [1.54, 1.807) is 4.90 Å². The Bertz CT molecular complexity index is 593. The van der Waals surface area contributed by atoms with Gasteiger partial charge in [0.05, 0.1) is 10.8 Å². The van der Waals surface area contributed by atoms with Gasteiger partial charge in [0.15, 0.2) is 0 Å². The van der Waals surface area contributed by atoms with Crippen molar-refractivity contribution in [3.63, 3.8) is 0 Å². The van der Waals surface area contributed by atoms with Gasteiger partial charge in [0.2, 0.25) is 5.16 Å². The summed E-state index contributed by atoms with van der Waals surface area (Å²) < 4.78 is 17.8. The van der Waals surface area contributed by atoms with Gasteiger partial charge in [-0.25, -0.2) is 14.8 Å². The van der Waals surface area contributed by atoms with E-state index in [9.17, 15) is 9.00 Å². The lowest BCUT2D eigenvalue weighted by Gasteiger charge is -2.24. The zero-order valence-electron chi connectivity index (χ0n) is 14.5. The SMILES string of the molecule is Cc1cc(C)nc([S@@](=O)C[C@H]2CCN(C(=O)OC(C)(C)C)C2)n1. The number of aromatic nitrogens is 2. The van der Waals surface area contributed by atoms with Gasteiger partial charge in [0.25, 0.3) is 0 Å². The Morgan fingerprint density at radius 2 is 1.96 bits per heavy atom. The van der Waals surface area contributed by atoms with E-state index < -0.39 is 16.4 Å². The fourth-order valence-electron chi connectivity index (χ4n) is 2.55. The molecule has 0 radical (unpaired) electrons. The summed E-state index contributed by atoms with van der Waals surface area (Å²) in [7, 11) is -1.24. The zero-order chi connectivity index (χ0) is 17.2. The standard InChI is InChI=1S/C16H25N3O3S/c1-11-8-12(2)18-14(17-11)23(21)10-13-6-7-19(9-13)15(20)22-16(3,4)5/h8,13H,6-7,9-10H2,1-5H3/t13-,23-/m0/s1. The molecule has 0 bridgehead atoms. The van der Waals surface area contributed by atoms with Crippen LogP contribution in [0.1, 0.15) is 38.6 Å². The highest BCUT2D eigenvalue weighted by atomic mass is 32.2. The van der Waals surface area contributed by atoms with E-state index >= 15 is 0 Å². The average molecular weight is 339 g/mol. The van der Waals surface area contributed by atoms with E-state index in [4.69, 9.17) is 4.74 Å². The van der Waals surface area contributed by atoms with E-state index in [1.165, 1.54) is 0 Å². The Balaban J connectivity index is 1.92. The second-order valence-electron chi connectivity index (χ2n) is 7.03. The largest absolute Gasteiger partial charge is 0.444 e. The van der Waals surface area contributed by atoms with Crippen LogP contribution in [0.15, 0.2) is 11.2 Å². The van der Waals surface area contributed by atoms with Crippen molar-refractivity contribution < 1.29 is 13.7 Å². The van der Waals surface area contributed by atoms with E-state index in [1.807, 2.05) is 40.7 Å². The summed E-state index contributed by atoms with van der Waals surface area (Å²) in [5.41, 5.74) is 1.15. The molecule has 1 amide bonds. The van der Waals surface area contributed by atoms with Crippen LogP contribution in [0.4, 0.5) is 4.79 Å². The van der Waals surface area contributed by atoms with Gasteiger partial charge in [0.1, 0.15) is 5.60 Å². The molecule has 2 rings (SSSR count). The zero-order valence-corrected chi connectivity index (χ0v) is 15.3. The summed E-state index contributed by atoms with van der Waals surface area (Å²) in [4.78, 5) is 22.3. The fraction of sp³-hybridized carbons (Fsp3) is 0.688. The van der Waals surface area contributed by atoms with Crippen LogP contribution >= 0.6 is 0 Å². The van der Waals surface area contributed by atoms with Gasteiger partial charge in [-0.1, -0.05) is 0 Å². The van der Waals surface area contributed by atoms with Crippen molar-refractivity contribution in [1.82, 2.24) is 14.9 Å². The number of ether oxygens (including phenoxy) is 1. The highest BCUT2D eigenvalue weighted by Gasteiger charge is 2.31. The van der Waals surface area contributed by atoms with E-state index in [0.717, 1.165) is 17.8 Å². The fourth-order valence-corrected chi connectivity index (χ4v) is 3.89. The molecule has 1 aromatic rings. The van der Waals surface area contributed by atoms with Crippen molar-refractivity contribution in [2.24, 2.45) is 5.92 Å². The molecular formula is C16H25N3O3S. The maximum atomic E-state index is 12.5. The summed E-state index contributed by atoms with van der Waals surface area (Å²) in [5, 5.41) is 0.387. The van der Waals surface area contributed by atoms with Crippen LogP contribution < -0.4 is 0 Å². The summed E-state index contributed by atoms with van der Waals surface area (Å²) in [5.74, 6) is 0.662. The molecule has 6 nitrogen and oxygen atoms in total. The Kier molecular flexibility index (Phi) is 5.39. The number of rotatable bonds is 3. The van der Waals surface area contributed by atoms with Crippen molar-refractivity contribution in [2.45, 2.75) is 51.8 Å². The first kappa shape index (κ1) is 17.8. The predicted octanol–water partition coefficient (Wildman–Crippen LogP) is 2.46. The highest BCUT2D eigenvalue weighted by Crippen LogP contribution is 2.21. The quantitative estimate of drug-likeness (QED) is 0.791. The van der Waals surface area contributed by atoms with Crippen molar-refractivity contribution in [2.75, 3.05) is 18.8 Å².